The number of hydrogen-bond acceptors (Lipinski definition) is 6. The van der Waals surface area contributed by atoms with Gasteiger partial charge in [0.1, 0.15) is 22.8 Å². The predicted octanol–water partition coefficient (Wildman–Crippen LogP) is 4.91. The van der Waals surface area contributed by atoms with Crippen LogP contribution in [0.5, 0.6) is 0 Å². The second kappa shape index (κ2) is 9.94. The first kappa shape index (κ1) is 22.6. The van der Waals surface area contributed by atoms with Gasteiger partial charge in [-0.05, 0) is 42.6 Å². The van der Waals surface area contributed by atoms with Gasteiger partial charge in [0.05, 0.1) is 17.0 Å². The maximum Gasteiger partial charge on any atom is 0.246 e. The fourth-order valence-electron chi connectivity index (χ4n) is 3.64. The number of nitrogens with one attached hydrogen (secondary N) is 2. The lowest BCUT2D eigenvalue weighted by Crippen LogP contribution is -2.34. The van der Waals surface area contributed by atoms with E-state index in [1.54, 1.807) is 23.5 Å². The second-order valence-corrected chi connectivity index (χ2v) is 9.62. The average Bonchev–Trinajstić information content (AvgIpc) is 3.14. The van der Waals surface area contributed by atoms with Crippen molar-refractivity contribution >= 4 is 50.6 Å². The van der Waals surface area contributed by atoms with E-state index in [0.717, 1.165) is 33.6 Å². The van der Waals surface area contributed by atoms with Crippen LogP contribution in [0, 0.1) is 11.7 Å². The molecule has 9 heteroatoms. The molecule has 0 unspecified atom stereocenters. The Hall–Kier alpha value is -2.55. The Kier molecular flexibility index (Phi) is 7.03. The summed E-state index contributed by atoms with van der Waals surface area (Å²) in [6.07, 6.45) is 5.77. The Bertz CT molecular complexity index is 1160. The summed E-state index contributed by atoms with van der Waals surface area (Å²) >= 11 is 7.49. The Balaban J connectivity index is 1.50. The number of benzene rings is 1. The van der Waals surface area contributed by atoms with Crippen LogP contribution in [0.15, 0.2) is 36.7 Å². The lowest BCUT2D eigenvalue weighted by atomic mass is 10.0. The Morgan fingerprint density at radius 2 is 2.22 bits per heavy atom. The largest absolute Gasteiger partial charge is 0.340 e. The van der Waals surface area contributed by atoms with Crippen LogP contribution in [0.2, 0.25) is 5.02 Å². The van der Waals surface area contributed by atoms with Crippen molar-refractivity contribution in [1.82, 2.24) is 20.2 Å². The molecule has 2 aromatic heterocycles. The van der Waals surface area contributed by atoms with Crippen molar-refractivity contribution in [2.45, 2.75) is 26.8 Å². The van der Waals surface area contributed by atoms with E-state index in [4.69, 9.17) is 11.6 Å². The molecule has 0 saturated heterocycles. The number of anilines is 2. The number of carbonyl (C=O) groups excluding carboxylic acids is 1. The number of rotatable bonds is 7. The van der Waals surface area contributed by atoms with Crippen molar-refractivity contribution in [2.75, 3.05) is 25.0 Å². The van der Waals surface area contributed by atoms with Crippen molar-refractivity contribution in [3.8, 4) is 0 Å². The first-order valence-electron chi connectivity index (χ1n) is 10.6. The van der Waals surface area contributed by atoms with Crippen molar-refractivity contribution in [2.24, 2.45) is 5.92 Å². The molecule has 3 heterocycles. The molecule has 168 valence electrons. The highest BCUT2D eigenvalue weighted by Crippen LogP contribution is 2.38. The van der Waals surface area contributed by atoms with Gasteiger partial charge in [0.25, 0.3) is 0 Å². The van der Waals surface area contributed by atoms with Crippen LogP contribution in [0.25, 0.3) is 10.2 Å². The van der Waals surface area contributed by atoms with E-state index in [-0.39, 0.29) is 10.9 Å². The highest BCUT2D eigenvalue weighted by atomic mass is 35.5. The Labute approximate surface area is 195 Å². The van der Waals surface area contributed by atoms with Crippen LogP contribution in [0.1, 0.15) is 24.3 Å². The monoisotopic (exact) mass is 473 g/mol. The highest BCUT2D eigenvalue weighted by molar-refractivity contribution is 7.19. The smallest absolute Gasteiger partial charge is 0.246 e. The molecule has 3 aromatic rings. The minimum absolute atomic E-state index is 0.0184. The van der Waals surface area contributed by atoms with E-state index in [9.17, 15) is 9.18 Å². The lowest BCUT2D eigenvalue weighted by Gasteiger charge is -2.26. The summed E-state index contributed by atoms with van der Waals surface area (Å²) in [6.45, 7) is 7.11. The van der Waals surface area contributed by atoms with E-state index in [0.29, 0.717) is 37.1 Å². The van der Waals surface area contributed by atoms with Gasteiger partial charge in [-0.15, -0.1) is 11.3 Å². The van der Waals surface area contributed by atoms with Gasteiger partial charge in [0.2, 0.25) is 5.91 Å². The van der Waals surface area contributed by atoms with Gasteiger partial charge in [-0.1, -0.05) is 31.5 Å². The van der Waals surface area contributed by atoms with Gasteiger partial charge >= 0.3 is 0 Å². The van der Waals surface area contributed by atoms with Gasteiger partial charge < -0.3 is 15.5 Å². The molecule has 1 aliphatic heterocycles. The zero-order valence-electron chi connectivity index (χ0n) is 18.0. The molecule has 0 fully saturated rings. The van der Waals surface area contributed by atoms with E-state index >= 15 is 0 Å². The van der Waals surface area contributed by atoms with Crippen LogP contribution >= 0.6 is 22.9 Å². The van der Waals surface area contributed by atoms with Crippen molar-refractivity contribution in [3.05, 3.63) is 58.0 Å². The van der Waals surface area contributed by atoms with Crippen LogP contribution in [0.4, 0.5) is 15.9 Å². The maximum atomic E-state index is 13.5. The SMILES string of the molecule is CC(C)CNC/C=C/C(=O)N1CCc2c(sc3ncnc(Nc4ccc(F)c(Cl)c4)c23)C1. The van der Waals surface area contributed by atoms with Crippen LogP contribution in [-0.2, 0) is 17.8 Å². The Morgan fingerprint density at radius 1 is 1.38 bits per heavy atom. The molecule has 0 radical (unpaired) electrons. The zero-order chi connectivity index (χ0) is 22.7. The molecule has 6 nitrogen and oxygen atoms in total. The van der Waals surface area contributed by atoms with E-state index in [2.05, 4.69) is 34.4 Å². The molecule has 0 aliphatic carbocycles. The molecular formula is C23H25ClFN5OS. The highest BCUT2D eigenvalue weighted by Gasteiger charge is 2.25. The van der Waals surface area contributed by atoms with E-state index in [1.165, 1.54) is 18.5 Å². The van der Waals surface area contributed by atoms with E-state index < -0.39 is 5.82 Å². The number of nitrogens with zero attached hydrogens (tertiary/aromatic N) is 3. The fraction of sp³-hybridized carbons (Fsp3) is 0.348. The van der Waals surface area contributed by atoms with Crippen molar-refractivity contribution in [3.63, 3.8) is 0 Å². The number of fused-ring (bicyclic) bond motifs is 3. The standard InChI is InChI=1S/C23H25ClFN5OS/c1-14(2)11-26-8-3-4-20(31)30-9-7-16-19(12-30)32-23-21(16)22(27-13-28-23)29-15-5-6-18(25)17(24)10-15/h3-6,10,13-14,26H,7-9,11-12H2,1-2H3,(H,27,28,29)/b4-3+. The summed E-state index contributed by atoms with van der Waals surface area (Å²) in [7, 11) is 0. The number of thiophene rings is 1. The van der Waals surface area contributed by atoms with Gasteiger partial charge in [-0.25, -0.2) is 14.4 Å². The normalized spacial score (nSPS) is 13.8. The van der Waals surface area contributed by atoms with Crippen molar-refractivity contribution < 1.29 is 9.18 Å². The molecule has 0 saturated carbocycles. The second-order valence-electron chi connectivity index (χ2n) is 8.12. The van der Waals surface area contributed by atoms with Gasteiger partial charge in [-0.2, -0.15) is 0 Å². The molecule has 0 bridgehead atoms. The summed E-state index contributed by atoms with van der Waals surface area (Å²) < 4.78 is 13.5. The summed E-state index contributed by atoms with van der Waals surface area (Å²) in [6, 6.07) is 4.48. The van der Waals surface area contributed by atoms with Gasteiger partial charge in [0.15, 0.2) is 0 Å². The lowest BCUT2D eigenvalue weighted by molar-refractivity contribution is -0.126. The third kappa shape index (κ3) is 5.09. The molecule has 4 rings (SSSR count). The molecule has 0 atom stereocenters. The number of carbonyl (C=O) groups is 1. The molecule has 2 N–H and O–H groups in total. The first-order chi connectivity index (χ1) is 15.4. The minimum Gasteiger partial charge on any atom is -0.340 e. The Morgan fingerprint density at radius 3 is 3.00 bits per heavy atom. The zero-order valence-corrected chi connectivity index (χ0v) is 19.6. The first-order valence-corrected chi connectivity index (χ1v) is 11.7. The fourth-order valence-corrected chi connectivity index (χ4v) is 5.03. The van der Waals surface area contributed by atoms with Crippen LogP contribution in [-0.4, -0.2) is 40.4 Å². The van der Waals surface area contributed by atoms with Crippen LogP contribution < -0.4 is 10.6 Å². The third-order valence-electron chi connectivity index (χ3n) is 5.21. The summed E-state index contributed by atoms with van der Waals surface area (Å²) in [5.41, 5.74) is 1.81. The maximum absolute atomic E-state index is 13.5. The van der Waals surface area contributed by atoms with E-state index in [1.807, 2.05) is 11.0 Å². The molecule has 1 aromatic carbocycles. The molecule has 1 aliphatic rings. The third-order valence-corrected chi connectivity index (χ3v) is 6.62. The van der Waals surface area contributed by atoms with Gasteiger partial charge in [0, 0.05) is 29.7 Å². The average molecular weight is 474 g/mol. The summed E-state index contributed by atoms with van der Waals surface area (Å²) in [4.78, 5) is 25.3. The van der Waals surface area contributed by atoms with Crippen LogP contribution in [0.3, 0.4) is 0 Å². The summed E-state index contributed by atoms with van der Waals surface area (Å²) in [5.74, 6) is 0.790. The minimum atomic E-state index is -0.465. The number of halogens is 2. The van der Waals surface area contributed by atoms with Crippen molar-refractivity contribution in [1.29, 1.82) is 0 Å². The number of aromatic nitrogens is 2. The molecule has 1 amide bonds. The quantitative estimate of drug-likeness (QED) is 0.376. The number of hydrogen-bond donors (Lipinski definition) is 2. The number of amides is 1. The predicted molar refractivity (Wildman–Crippen MR) is 128 cm³/mol. The van der Waals surface area contributed by atoms with Gasteiger partial charge in [-0.3, -0.25) is 4.79 Å². The molecule has 32 heavy (non-hydrogen) atoms. The topological polar surface area (TPSA) is 70.2 Å². The summed E-state index contributed by atoms with van der Waals surface area (Å²) in [5, 5.41) is 7.54. The molecular weight excluding hydrogens is 449 g/mol. The molecule has 0 spiro atoms.